The van der Waals surface area contributed by atoms with Gasteiger partial charge in [0.15, 0.2) is 8.29 Å². The van der Waals surface area contributed by atoms with Gasteiger partial charge in [-0.2, -0.15) is 0 Å². The number of allylic oxidation sites excluding steroid dienone is 1. The standard InChI is InChI=1S/C20H25N3OS3/c1-14-8-6-7-11-17(14)23-20(25)27-19(22-23)26-15(2)18(24)21-13-12-16-9-4-3-5-10-16/h6-9,11,15H,3-5,10,12-13H2,1-2H3,(H,21,24)/t15-/m1/s1. The summed E-state index contributed by atoms with van der Waals surface area (Å²) in [7, 11) is 0. The first kappa shape index (κ1) is 20.3. The number of thioether (sulfide) groups is 1. The maximum Gasteiger partial charge on any atom is 0.233 e. The maximum absolute atomic E-state index is 12.4. The third-order valence-electron chi connectivity index (χ3n) is 4.65. The van der Waals surface area contributed by atoms with Gasteiger partial charge in [-0.25, -0.2) is 4.68 Å². The van der Waals surface area contributed by atoms with Gasteiger partial charge >= 0.3 is 0 Å². The lowest BCUT2D eigenvalue weighted by atomic mass is 9.97. The number of nitrogens with one attached hydrogen (secondary N) is 1. The molecule has 1 aromatic heterocycles. The Hall–Kier alpha value is -1.44. The van der Waals surface area contributed by atoms with E-state index in [1.165, 1.54) is 54.4 Å². The molecule has 0 radical (unpaired) electrons. The van der Waals surface area contributed by atoms with Crippen LogP contribution in [0.3, 0.4) is 0 Å². The minimum absolute atomic E-state index is 0.0555. The first-order valence-electron chi connectivity index (χ1n) is 9.33. The van der Waals surface area contributed by atoms with Crippen molar-refractivity contribution in [2.24, 2.45) is 0 Å². The summed E-state index contributed by atoms with van der Waals surface area (Å²) < 4.78 is 3.31. The van der Waals surface area contributed by atoms with Gasteiger partial charge in [0.05, 0.1) is 10.9 Å². The number of rotatable bonds is 7. The van der Waals surface area contributed by atoms with E-state index in [2.05, 4.69) is 16.5 Å². The van der Waals surface area contributed by atoms with Crippen LogP contribution in [0.25, 0.3) is 5.69 Å². The van der Waals surface area contributed by atoms with E-state index in [-0.39, 0.29) is 11.2 Å². The highest BCUT2D eigenvalue weighted by Gasteiger charge is 2.17. The Labute approximate surface area is 174 Å². The molecule has 0 aliphatic heterocycles. The molecule has 4 nitrogen and oxygen atoms in total. The molecule has 27 heavy (non-hydrogen) atoms. The highest BCUT2D eigenvalue weighted by Crippen LogP contribution is 2.28. The molecule has 3 rings (SSSR count). The molecule has 1 aliphatic rings. The van der Waals surface area contributed by atoms with E-state index in [1.54, 1.807) is 4.68 Å². The van der Waals surface area contributed by atoms with Gasteiger partial charge in [-0.1, -0.05) is 52.9 Å². The summed E-state index contributed by atoms with van der Waals surface area (Å²) in [5, 5.41) is 7.48. The zero-order valence-corrected chi connectivity index (χ0v) is 18.2. The van der Waals surface area contributed by atoms with Crippen LogP contribution in [-0.2, 0) is 4.79 Å². The van der Waals surface area contributed by atoms with Gasteiger partial charge in [-0.15, -0.1) is 5.10 Å². The predicted molar refractivity (Wildman–Crippen MR) is 117 cm³/mol. The Kier molecular flexibility index (Phi) is 7.26. The minimum atomic E-state index is -0.198. The number of carbonyl (C=O) groups is 1. The topological polar surface area (TPSA) is 46.9 Å². The van der Waals surface area contributed by atoms with Gasteiger partial charge in [0.1, 0.15) is 0 Å². The average molecular weight is 420 g/mol. The predicted octanol–water partition coefficient (Wildman–Crippen LogP) is 5.46. The number of benzene rings is 1. The van der Waals surface area contributed by atoms with E-state index in [4.69, 9.17) is 12.2 Å². The summed E-state index contributed by atoms with van der Waals surface area (Å²) in [5.41, 5.74) is 3.60. The SMILES string of the molecule is Cc1ccccc1-n1nc(S[C@H](C)C(=O)NCCC2=CCCCC2)sc1=S. The monoisotopic (exact) mass is 419 g/mol. The molecule has 7 heteroatoms. The number of hydrogen-bond acceptors (Lipinski definition) is 5. The molecule has 0 fully saturated rings. The first-order valence-corrected chi connectivity index (χ1v) is 11.4. The van der Waals surface area contributed by atoms with Crippen molar-refractivity contribution in [2.45, 2.75) is 55.5 Å². The second-order valence-electron chi connectivity index (χ2n) is 6.74. The molecule has 1 amide bonds. The average Bonchev–Trinajstić information content (AvgIpc) is 3.02. The Morgan fingerprint density at radius 3 is 2.96 bits per heavy atom. The summed E-state index contributed by atoms with van der Waals surface area (Å²) in [6.45, 7) is 4.67. The van der Waals surface area contributed by atoms with Crippen LogP contribution < -0.4 is 5.32 Å². The van der Waals surface area contributed by atoms with Gasteiger partial charge in [-0.05, 0) is 69.8 Å². The Bertz CT molecular complexity index is 885. The highest BCUT2D eigenvalue weighted by atomic mass is 32.2. The number of amides is 1. The molecule has 1 heterocycles. The lowest BCUT2D eigenvalue weighted by molar-refractivity contribution is -0.120. The van der Waals surface area contributed by atoms with Crippen LogP contribution in [0.15, 0.2) is 40.3 Å². The highest BCUT2D eigenvalue weighted by molar-refractivity contribution is 8.02. The molecule has 144 valence electrons. The van der Waals surface area contributed by atoms with Crippen molar-refractivity contribution in [1.29, 1.82) is 0 Å². The summed E-state index contributed by atoms with van der Waals surface area (Å²) in [6.07, 6.45) is 8.23. The van der Waals surface area contributed by atoms with E-state index in [9.17, 15) is 4.79 Å². The van der Waals surface area contributed by atoms with Gasteiger partial charge in [0.25, 0.3) is 0 Å². The zero-order valence-electron chi connectivity index (χ0n) is 15.7. The fraction of sp³-hybridized carbons (Fsp3) is 0.450. The minimum Gasteiger partial charge on any atom is -0.355 e. The fourth-order valence-corrected chi connectivity index (χ4v) is 5.60. The van der Waals surface area contributed by atoms with E-state index in [0.717, 1.165) is 22.0 Å². The van der Waals surface area contributed by atoms with Crippen LogP contribution in [0.2, 0.25) is 0 Å². The lowest BCUT2D eigenvalue weighted by Gasteiger charge is -2.14. The van der Waals surface area contributed by atoms with Gasteiger partial charge < -0.3 is 5.32 Å². The number of para-hydroxylation sites is 1. The van der Waals surface area contributed by atoms with E-state index >= 15 is 0 Å². The van der Waals surface area contributed by atoms with Crippen LogP contribution in [-0.4, -0.2) is 27.5 Å². The molecular formula is C20H25N3OS3. The quantitative estimate of drug-likeness (QED) is 0.368. The third-order valence-corrected chi connectivity index (χ3v) is 7.07. The van der Waals surface area contributed by atoms with Crippen molar-refractivity contribution in [3.05, 3.63) is 45.4 Å². The van der Waals surface area contributed by atoms with Crippen LogP contribution in [0.4, 0.5) is 0 Å². The Morgan fingerprint density at radius 1 is 1.41 bits per heavy atom. The Morgan fingerprint density at radius 2 is 2.22 bits per heavy atom. The number of hydrogen-bond donors (Lipinski definition) is 1. The number of aryl methyl sites for hydroxylation is 1. The molecule has 1 aromatic carbocycles. The van der Waals surface area contributed by atoms with Crippen molar-refractivity contribution in [3.8, 4) is 5.69 Å². The largest absolute Gasteiger partial charge is 0.355 e. The second kappa shape index (κ2) is 9.66. The van der Waals surface area contributed by atoms with Crippen molar-refractivity contribution in [1.82, 2.24) is 15.1 Å². The van der Waals surface area contributed by atoms with Gasteiger partial charge in [0, 0.05) is 6.54 Å². The number of carbonyl (C=O) groups excluding carboxylic acids is 1. The van der Waals surface area contributed by atoms with Crippen molar-refractivity contribution >= 4 is 41.2 Å². The van der Waals surface area contributed by atoms with Crippen LogP contribution >= 0.6 is 35.3 Å². The zero-order chi connectivity index (χ0) is 19.2. The third kappa shape index (κ3) is 5.53. The summed E-state index contributed by atoms with van der Waals surface area (Å²) >= 11 is 8.39. The molecular weight excluding hydrogens is 394 g/mol. The summed E-state index contributed by atoms with van der Waals surface area (Å²) in [4.78, 5) is 12.4. The molecule has 1 atom stereocenters. The van der Waals surface area contributed by atoms with Crippen LogP contribution in [0, 0.1) is 10.9 Å². The molecule has 0 spiro atoms. The first-order chi connectivity index (χ1) is 13.0. The molecule has 2 aromatic rings. The fourth-order valence-electron chi connectivity index (χ4n) is 3.09. The normalized spacial score (nSPS) is 15.3. The Balaban J connectivity index is 1.56. The molecule has 0 saturated carbocycles. The summed E-state index contributed by atoms with van der Waals surface area (Å²) in [5.74, 6) is 0.0555. The maximum atomic E-state index is 12.4. The summed E-state index contributed by atoms with van der Waals surface area (Å²) in [6, 6.07) is 8.03. The van der Waals surface area contributed by atoms with E-state index in [0.29, 0.717) is 10.5 Å². The van der Waals surface area contributed by atoms with Crippen LogP contribution in [0.1, 0.15) is 44.6 Å². The number of aromatic nitrogens is 2. The number of nitrogens with zero attached hydrogens (tertiary/aromatic N) is 2. The van der Waals surface area contributed by atoms with E-state index in [1.807, 2.05) is 38.1 Å². The van der Waals surface area contributed by atoms with Crippen molar-refractivity contribution in [2.75, 3.05) is 6.54 Å². The molecule has 1 aliphatic carbocycles. The lowest BCUT2D eigenvalue weighted by Crippen LogP contribution is -2.31. The molecule has 0 unspecified atom stereocenters. The molecule has 1 N–H and O–H groups in total. The second-order valence-corrected chi connectivity index (χ2v) is 9.95. The van der Waals surface area contributed by atoms with Crippen molar-refractivity contribution < 1.29 is 4.79 Å². The van der Waals surface area contributed by atoms with Gasteiger partial charge in [0.2, 0.25) is 5.91 Å². The molecule has 0 saturated heterocycles. The molecule has 0 bridgehead atoms. The van der Waals surface area contributed by atoms with Crippen molar-refractivity contribution in [3.63, 3.8) is 0 Å². The van der Waals surface area contributed by atoms with Crippen LogP contribution in [0.5, 0.6) is 0 Å². The van der Waals surface area contributed by atoms with E-state index < -0.39 is 0 Å². The smallest absolute Gasteiger partial charge is 0.233 e. The van der Waals surface area contributed by atoms with Gasteiger partial charge in [-0.3, -0.25) is 4.79 Å².